The van der Waals surface area contributed by atoms with Gasteiger partial charge in [0.05, 0.1) is 17.0 Å². The molecule has 1 aromatic heterocycles. The van der Waals surface area contributed by atoms with Crippen molar-refractivity contribution in [1.82, 2.24) is 20.2 Å². The Morgan fingerprint density at radius 3 is 2.86 bits per heavy atom. The minimum absolute atomic E-state index is 0.0646. The van der Waals surface area contributed by atoms with E-state index in [-0.39, 0.29) is 29.1 Å². The molecule has 1 aliphatic rings. The van der Waals surface area contributed by atoms with Crippen LogP contribution in [0.25, 0.3) is 0 Å². The van der Waals surface area contributed by atoms with Crippen LogP contribution in [-0.2, 0) is 24.3 Å². The van der Waals surface area contributed by atoms with E-state index in [2.05, 4.69) is 20.2 Å². The van der Waals surface area contributed by atoms with Gasteiger partial charge in [-0.2, -0.15) is 0 Å². The van der Waals surface area contributed by atoms with Crippen molar-refractivity contribution in [2.24, 2.45) is 0 Å². The number of nitrogens with zero attached hydrogens (tertiary/aromatic N) is 2. The van der Waals surface area contributed by atoms with Gasteiger partial charge in [-0.1, -0.05) is 30.8 Å². The molecule has 0 unspecified atom stereocenters. The van der Waals surface area contributed by atoms with Crippen LogP contribution >= 0.6 is 11.8 Å². The van der Waals surface area contributed by atoms with Crippen molar-refractivity contribution in [2.45, 2.75) is 51.0 Å². The number of hydrogen-bond acceptors (Lipinski definition) is 5. The fraction of sp³-hybridized carbons (Fsp3) is 0.450. The fourth-order valence-corrected chi connectivity index (χ4v) is 3.75. The molecular formula is C20H25FN4O2S. The zero-order valence-corrected chi connectivity index (χ0v) is 16.9. The number of nitrogens with one attached hydrogen (secondary N) is 2. The molecule has 6 nitrogen and oxygen atoms in total. The summed E-state index contributed by atoms with van der Waals surface area (Å²) in [4.78, 5) is 33.9. The number of halogens is 1. The van der Waals surface area contributed by atoms with E-state index in [4.69, 9.17) is 0 Å². The summed E-state index contributed by atoms with van der Waals surface area (Å²) >= 11 is 1.24. The summed E-state index contributed by atoms with van der Waals surface area (Å²) in [5, 5.41) is 3.38. The number of hydrogen-bond donors (Lipinski definition) is 2. The van der Waals surface area contributed by atoms with Crippen molar-refractivity contribution in [2.75, 3.05) is 12.3 Å². The Morgan fingerprint density at radius 2 is 2.14 bits per heavy atom. The first-order valence-corrected chi connectivity index (χ1v) is 10.4. The number of fused-ring (bicyclic) bond motifs is 1. The van der Waals surface area contributed by atoms with Crippen LogP contribution in [0.3, 0.4) is 0 Å². The predicted molar refractivity (Wildman–Crippen MR) is 108 cm³/mol. The second-order valence-electron chi connectivity index (χ2n) is 7.05. The van der Waals surface area contributed by atoms with Crippen LogP contribution in [0.15, 0.2) is 34.2 Å². The van der Waals surface area contributed by atoms with Gasteiger partial charge in [-0.25, -0.2) is 9.37 Å². The van der Waals surface area contributed by atoms with Gasteiger partial charge < -0.3 is 10.3 Å². The van der Waals surface area contributed by atoms with Gasteiger partial charge in [-0.3, -0.25) is 14.5 Å². The molecule has 1 aliphatic heterocycles. The molecule has 3 rings (SSSR count). The zero-order valence-electron chi connectivity index (χ0n) is 16.1. The van der Waals surface area contributed by atoms with Gasteiger partial charge in [0.15, 0.2) is 5.16 Å². The van der Waals surface area contributed by atoms with E-state index < -0.39 is 0 Å². The fourth-order valence-electron chi connectivity index (χ4n) is 3.06. The smallest absolute Gasteiger partial charge is 0.256 e. The molecule has 28 heavy (non-hydrogen) atoms. The average molecular weight is 405 g/mol. The summed E-state index contributed by atoms with van der Waals surface area (Å²) < 4.78 is 13.1. The van der Waals surface area contributed by atoms with Crippen molar-refractivity contribution in [1.29, 1.82) is 0 Å². The molecule has 8 heteroatoms. The molecule has 2 aromatic rings. The summed E-state index contributed by atoms with van der Waals surface area (Å²) in [6.07, 6.45) is 1.55. The molecule has 0 bridgehead atoms. The summed E-state index contributed by atoms with van der Waals surface area (Å²) in [5.41, 5.74) is 2.32. The van der Waals surface area contributed by atoms with Gasteiger partial charge in [0.2, 0.25) is 5.91 Å². The summed E-state index contributed by atoms with van der Waals surface area (Å²) in [6, 6.07) is 6.55. The van der Waals surface area contributed by atoms with Crippen LogP contribution in [0.4, 0.5) is 4.39 Å². The first-order valence-electron chi connectivity index (χ1n) is 9.45. The monoisotopic (exact) mass is 404 g/mol. The molecule has 0 saturated heterocycles. The predicted octanol–water partition coefficient (Wildman–Crippen LogP) is 2.47. The van der Waals surface area contributed by atoms with E-state index in [1.807, 2.05) is 13.8 Å². The number of rotatable bonds is 7. The Balaban J connectivity index is 1.62. The molecule has 1 amide bonds. The van der Waals surface area contributed by atoms with Crippen molar-refractivity contribution >= 4 is 17.7 Å². The third-order valence-electron chi connectivity index (χ3n) is 4.81. The molecule has 2 N–H and O–H groups in total. The second-order valence-corrected chi connectivity index (χ2v) is 8.01. The first kappa shape index (κ1) is 20.5. The number of H-pyrrole nitrogens is 1. The molecule has 1 atom stereocenters. The summed E-state index contributed by atoms with van der Waals surface area (Å²) in [5.74, 6) is -0.0932. The number of aromatic nitrogens is 2. The minimum atomic E-state index is -0.253. The maximum Gasteiger partial charge on any atom is 0.256 e. The standard InChI is InChI=1S/C20H25FN4O2S/c1-3-13(2)22-18(26)12-28-20-23-17-8-9-25(11-16(17)19(27)24-20)10-14-4-6-15(21)7-5-14/h4-7,13H,3,8-12H2,1-2H3,(H,22,26)(H,23,24,27)/t13-/m0/s1. The van der Waals surface area contributed by atoms with E-state index in [9.17, 15) is 14.0 Å². The third-order valence-corrected chi connectivity index (χ3v) is 5.68. The van der Waals surface area contributed by atoms with Crippen LogP contribution in [0, 0.1) is 5.82 Å². The Hall–Kier alpha value is -2.19. The van der Waals surface area contributed by atoms with E-state index in [0.717, 1.165) is 24.2 Å². The van der Waals surface area contributed by atoms with Gasteiger partial charge in [0.1, 0.15) is 5.82 Å². The number of aromatic amines is 1. The van der Waals surface area contributed by atoms with E-state index in [1.54, 1.807) is 12.1 Å². The Morgan fingerprint density at radius 1 is 1.39 bits per heavy atom. The van der Waals surface area contributed by atoms with E-state index in [0.29, 0.717) is 30.2 Å². The largest absolute Gasteiger partial charge is 0.353 e. The van der Waals surface area contributed by atoms with Gasteiger partial charge in [0.25, 0.3) is 5.56 Å². The van der Waals surface area contributed by atoms with Crippen LogP contribution in [0.5, 0.6) is 0 Å². The minimum Gasteiger partial charge on any atom is -0.353 e. The Bertz CT molecular complexity index is 885. The average Bonchev–Trinajstić information content (AvgIpc) is 2.68. The number of carbonyl (C=O) groups excluding carboxylic acids is 1. The molecule has 0 saturated carbocycles. The first-order chi connectivity index (χ1) is 13.4. The van der Waals surface area contributed by atoms with Crippen LogP contribution in [0.2, 0.25) is 0 Å². The van der Waals surface area contributed by atoms with Gasteiger partial charge in [-0.05, 0) is 31.0 Å². The van der Waals surface area contributed by atoms with Crippen LogP contribution < -0.4 is 10.9 Å². The second kappa shape index (κ2) is 9.34. The highest BCUT2D eigenvalue weighted by Crippen LogP contribution is 2.19. The maximum atomic E-state index is 13.1. The molecule has 150 valence electrons. The van der Waals surface area contributed by atoms with Crippen molar-refractivity contribution < 1.29 is 9.18 Å². The summed E-state index contributed by atoms with van der Waals surface area (Å²) in [7, 11) is 0. The topological polar surface area (TPSA) is 78.1 Å². The third kappa shape index (κ3) is 5.42. The lowest BCUT2D eigenvalue weighted by Gasteiger charge is -2.27. The Kier molecular flexibility index (Phi) is 6.85. The summed E-state index contributed by atoms with van der Waals surface area (Å²) in [6.45, 7) is 5.92. The highest BCUT2D eigenvalue weighted by molar-refractivity contribution is 7.99. The van der Waals surface area contributed by atoms with Crippen LogP contribution in [0.1, 0.15) is 37.1 Å². The van der Waals surface area contributed by atoms with Crippen molar-refractivity contribution in [3.63, 3.8) is 0 Å². The number of amides is 1. The number of thioether (sulfide) groups is 1. The lowest BCUT2D eigenvalue weighted by molar-refractivity contribution is -0.119. The number of benzene rings is 1. The van der Waals surface area contributed by atoms with Crippen molar-refractivity contribution in [3.05, 3.63) is 57.3 Å². The molecule has 0 radical (unpaired) electrons. The lowest BCUT2D eigenvalue weighted by Crippen LogP contribution is -2.35. The van der Waals surface area contributed by atoms with Crippen molar-refractivity contribution in [3.8, 4) is 0 Å². The van der Waals surface area contributed by atoms with Gasteiger partial charge in [-0.15, -0.1) is 0 Å². The maximum absolute atomic E-state index is 13.1. The SMILES string of the molecule is CC[C@H](C)NC(=O)CSc1nc2c(c(=O)[nH]1)CN(Cc1ccc(F)cc1)CC2. The highest BCUT2D eigenvalue weighted by atomic mass is 32.2. The molecule has 0 spiro atoms. The Labute approximate surface area is 167 Å². The highest BCUT2D eigenvalue weighted by Gasteiger charge is 2.21. The van der Waals surface area contributed by atoms with Gasteiger partial charge in [0, 0.05) is 32.1 Å². The normalized spacial score (nSPS) is 15.1. The zero-order chi connectivity index (χ0) is 20.1. The van der Waals surface area contributed by atoms with E-state index >= 15 is 0 Å². The molecule has 0 aliphatic carbocycles. The molecule has 2 heterocycles. The molecule has 1 aromatic carbocycles. The quantitative estimate of drug-likeness (QED) is 0.548. The van der Waals surface area contributed by atoms with E-state index in [1.165, 1.54) is 23.9 Å². The molecule has 0 fully saturated rings. The lowest BCUT2D eigenvalue weighted by atomic mass is 10.1. The van der Waals surface area contributed by atoms with Crippen LogP contribution in [-0.4, -0.2) is 39.1 Å². The van der Waals surface area contributed by atoms with Gasteiger partial charge >= 0.3 is 0 Å². The molecular weight excluding hydrogens is 379 g/mol. The number of carbonyl (C=O) groups is 1.